The molecule has 1 aliphatic rings. The fourth-order valence-corrected chi connectivity index (χ4v) is 4.57. The van der Waals surface area contributed by atoms with Crippen LogP contribution in [0.1, 0.15) is 18.9 Å². The van der Waals surface area contributed by atoms with Crippen LogP contribution >= 0.6 is 15.9 Å². The first-order valence-corrected chi connectivity index (χ1v) is 9.89. The Labute approximate surface area is 141 Å². The summed E-state index contributed by atoms with van der Waals surface area (Å²) in [5.74, 6) is 1.11. The molecule has 2 rings (SSSR count). The van der Waals surface area contributed by atoms with Crippen LogP contribution in [0, 0.1) is 0 Å². The van der Waals surface area contributed by atoms with E-state index < -0.39 is 10.0 Å². The van der Waals surface area contributed by atoms with E-state index in [0.717, 1.165) is 35.4 Å². The zero-order chi connectivity index (χ0) is 16.2. The van der Waals surface area contributed by atoms with Crippen LogP contribution in [-0.2, 0) is 16.6 Å². The van der Waals surface area contributed by atoms with E-state index in [1.54, 1.807) is 11.4 Å². The van der Waals surface area contributed by atoms with Crippen LogP contribution in [0.3, 0.4) is 0 Å². The Hall–Kier alpha value is -0.630. The van der Waals surface area contributed by atoms with E-state index in [1.807, 2.05) is 19.1 Å². The van der Waals surface area contributed by atoms with Crippen LogP contribution < -0.4 is 4.74 Å². The molecule has 22 heavy (non-hydrogen) atoms. The van der Waals surface area contributed by atoms with Gasteiger partial charge in [0.05, 0.1) is 12.9 Å². The lowest BCUT2D eigenvalue weighted by molar-refractivity contribution is 0.180. The Morgan fingerprint density at radius 1 is 1.23 bits per heavy atom. The maximum absolute atomic E-state index is 12.1. The van der Waals surface area contributed by atoms with Crippen molar-refractivity contribution < 1.29 is 13.2 Å². The van der Waals surface area contributed by atoms with Crippen molar-refractivity contribution in [2.75, 3.05) is 39.0 Å². The predicted molar refractivity (Wildman–Crippen MR) is 91.6 cm³/mol. The van der Waals surface area contributed by atoms with Crippen LogP contribution in [0.25, 0.3) is 0 Å². The number of ether oxygens (including phenoxy) is 1. The predicted octanol–water partition coefficient (Wildman–Crippen LogP) is 2.32. The van der Waals surface area contributed by atoms with E-state index in [-0.39, 0.29) is 5.75 Å². The Morgan fingerprint density at radius 3 is 2.50 bits per heavy atom. The molecule has 0 unspecified atom stereocenters. The molecule has 1 saturated heterocycles. The van der Waals surface area contributed by atoms with Gasteiger partial charge in [0.15, 0.2) is 0 Å². The fraction of sp³-hybridized carbons (Fsp3) is 0.600. The van der Waals surface area contributed by atoms with E-state index >= 15 is 0 Å². The van der Waals surface area contributed by atoms with Crippen molar-refractivity contribution in [1.29, 1.82) is 0 Å². The summed E-state index contributed by atoms with van der Waals surface area (Å²) in [5, 5.41) is 0. The van der Waals surface area contributed by atoms with Crippen molar-refractivity contribution in [2.45, 2.75) is 19.9 Å². The first-order chi connectivity index (χ1) is 10.5. The van der Waals surface area contributed by atoms with Gasteiger partial charge in [-0.3, -0.25) is 4.90 Å². The first-order valence-electron chi connectivity index (χ1n) is 7.49. The van der Waals surface area contributed by atoms with Crippen LogP contribution in [0.15, 0.2) is 22.7 Å². The Kier molecular flexibility index (Phi) is 6.26. The van der Waals surface area contributed by atoms with Gasteiger partial charge in [-0.2, -0.15) is 4.31 Å². The first kappa shape index (κ1) is 17.7. The average Bonchev–Trinajstić information content (AvgIpc) is 2.48. The number of nitrogens with zero attached hydrogens (tertiary/aromatic N) is 2. The monoisotopic (exact) mass is 390 g/mol. The summed E-state index contributed by atoms with van der Waals surface area (Å²) < 4.78 is 32.2. The fourth-order valence-electron chi connectivity index (χ4n) is 2.66. The van der Waals surface area contributed by atoms with E-state index in [2.05, 4.69) is 26.9 Å². The number of rotatable bonds is 6. The largest absolute Gasteiger partial charge is 0.496 e. The highest BCUT2D eigenvalue weighted by molar-refractivity contribution is 9.10. The zero-order valence-corrected chi connectivity index (χ0v) is 15.5. The summed E-state index contributed by atoms with van der Waals surface area (Å²) in [7, 11) is -1.41. The van der Waals surface area contributed by atoms with E-state index in [0.29, 0.717) is 19.5 Å². The molecule has 0 atom stereocenters. The van der Waals surface area contributed by atoms with Crippen LogP contribution in [-0.4, -0.2) is 56.7 Å². The number of methoxy groups -OCH3 is 1. The second kappa shape index (κ2) is 7.77. The molecule has 0 saturated carbocycles. The molecule has 0 spiro atoms. The highest BCUT2D eigenvalue weighted by Gasteiger charge is 2.26. The summed E-state index contributed by atoms with van der Waals surface area (Å²) >= 11 is 3.48. The third kappa shape index (κ3) is 4.44. The summed E-state index contributed by atoms with van der Waals surface area (Å²) in [6, 6.07) is 5.96. The molecule has 7 heteroatoms. The quantitative estimate of drug-likeness (QED) is 0.747. The third-order valence-electron chi connectivity index (χ3n) is 3.82. The summed E-state index contributed by atoms with van der Waals surface area (Å²) in [5.41, 5.74) is 1.11. The number of sulfonamides is 1. The molecule has 1 heterocycles. The van der Waals surface area contributed by atoms with Crippen molar-refractivity contribution in [2.24, 2.45) is 0 Å². The molecule has 5 nitrogen and oxygen atoms in total. The van der Waals surface area contributed by atoms with Crippen molar-refractivity contribution in [3.05, 3.63) is 28.2 Å². The molecule has 1 aromatic carbocycles. The number of piperazine rings is 1. The lowest BCUT2D eigenvalue weighted by Crippen LogP contribution is -2.48. The van der Waals surface area contributed by atoms with Gasteiger partial charge in [0.25, 0.3) is 0 Å². The molecule has 1 aliphatic heterocycles. The van der Waals surface area contributed by atoms with Crippen molar-refractivity contribution >= 4 is 26.0 Å². The van der Waals surface area contributed by atoms with Gasteiger partial charge in [0.2, 0.25) is 10.0 Å². The minimum absolute atomic E-state index is 0.243. The SMILES string of the molecule is CCCS(=O)(=O)N1CCN(Cc2cc(Br)ccc2OC)CC1. The van der Waals surface area contributed by atoms with Gasteiger partial charge in [0, 0.05) is 42.8 Å². The number of benzene rings is 1. The zero-order valence-electron chi connectivity index (χ0n) is 13.1. The standard InChI is InChI=1S/C15H23BrN2O3S/c1-3-10-22(19,20)18-8-6-17(7-9-18)12-13-11-14(16)4-5-15(13)21-2/h4-5,11H,3,6-10,12H2,1-2H3. The maximum atomic E-state index is 12.1. The van der Waals surface area contributed by atoms with E-state index in [1.165, 1.54) is 0 Å². The maximum Gasteiger partial charge on any atom is 0.214 e. The molecular weight excluding hydrogens is 368 g/mol. The molecule has 1 aromatic rings. The van der Waals surface area contributed by atoms with Gasteiger partial charge in [-0.05, 0) is 24.6 Å². The Bertz CT molecular complexity index is 599. The van der Waals surface area contributed by atoms with Crippen LogP contribution in [0.4, 0.5) is 0 Å². The van der Waals surface area contributed by atoms with Crippen molar-refractivity contribution in [3.8, 4) is 5.75 Å². The van der Waals surface area contributed by atoms with Crippen molar-refractivity contribution in [1.82, 2.24) is 9.21 Å². The number of hydrogen-bond acceptors (Lipinski definition) is 4. The topological polar surface area (TPSA) is 49.9 Å². The van der Waals surface area contributed by atoms with Gasteiger partial charge in [-0.25, -0.2) is 8.42 Å². The average molecular weight is 391 g/mol. The molecule has 0 bridgehead atoms. The molecule has 124 valence electrons. The van der Waals surface area contributed by atoms with Crippen molar-refractivity contribution in [3.63, 3.8) is 0 Å². The minimum atomic E-state index is -3.07. The second-order valence-electron chi connectivity index (χ2n) is 5.45. The van der Waals surface area contributed by atoms with Gasteiger partial charge in [-0.1, -0.05) is 22.9 Å². The molecule has 1 fully saturated rings. The van der Waals surface area contributed by atoms with E-state index in [9.17, 15) is 8.42 Å². The van der Waals surface area contributed by atoms with E-state index in [4.69, 9.17) is 4.74 Å². The minimum Gasteiger partial charge on any atom is -0.496 e. The van der Waals surface area contributed by atoms with Gasteiger partial charge in [-0.15, -0.1) is 0 Å². The highest BCUT2D eigenvalue weighted by Crippen LogP contribution is 2.25. The van der Waals surface area contributed by atoms with Crippen LogP contribution in [0.5, 0.6) is 5.75 Å². The number of hydrogen-bond donors (Lipinski definition) is 0. The smallest absolute Gasteiger partial charge is 0.214 e. The summed E-state index contributed by atoms with van der Waals surface area (Å²) in [6.07, 6.45) is 0.664. The Morgan fingerprint density at radius 2 is 1.91 bits per heavy atom. The second-order valence-corrected chi connectivity index (χ2v) is 8.45. The summed E-state index contributed by atoms with van der Waals surface area (Å²) in [4.78, 5) is 2.27. The molecular formula is C15H23BrN2O3S. The molecule has 0 aromatic heterocycles. The normalized spacial score (nSPS) is 17.6. The lowest BCUT2D eigenvalue weighted by Gasteiger charge is -2.34. The van der Waals surface area contributed by atoms with Gasteiger partial charge >= 0.3 is 0 Å². The molecule has 0 N–H and O–H groups in total. The summed E-state index contributed by atoms with van der Waals surface area (Å²) in [6.45, 7) is 5.30. The molecule has 0 radical (unpaired) electrons. The number of halogens is 1. The third-order valence-corrected chi connectivity index (χ3v) is 6.39. The van der Waals surface area contributed by atoms with Gasteiger partial charge < -0.3 is 4.74 Å². The van der Waals surface area contributed by atoms with Crippen LogP contribution in [0.2, 0.25) is 0 Å². The molecule has 0 amide bonds. The van der Waals surface area contributed by atoms with Gasteiger partial charge in [0.1, 0.15) is 5.75 Å². The Balaban J connectivity index is 1.97. The highest BCUT2D eigenvalue weighted by atomic mass is 79.9. The molecule has 0 aliphatic carbocycles. The lowest BCUT2D eigenvalue weighted by atomic mass is 10.2.